The molecule has 0 N–H and O–H groups in total. The molecule has 1 aliphatic carbocycles. The summed E-state index contributed by atoms with van der Waals surface area (Å²) in [4.78, 5) is 15.6. The minimum Gasteiger partial charge on any atom is -0.493 e. The Bertz CT molecular complexity index is 1070. The van der Waals surface area contributed by atoms with Gasteiger partial charge in [0.25, 0.3) is 0 Å². The highest BCUT2D eigenvalue weighted by Crippen LogP contribution is 2.45. The van der Waals surface area contributed by atoms with Gasteiger partial charge in [-0.1, -0.05) is 25.0 Å². The Hall–Kier alpha value is -2.99. The van der Waals surface area contributed by atoms with Crippen LogP contribution < -0.4 is 18.9 Å². The molecular formula is C25H27NO5. The fourth-order valence-corrected chi connectivity index (χ4v) is 4.92. The van der Waals surface area contributed by atoms with Gasteiger partial charge in [-0.3, -0.25) is 9.69 Å². The summed E-state index contributed by atoms with van der Waals surface area (Å²) in [7, 11) is 3.18. The number of rotatable bonds is 4. The number of allylic oxidation sites excluding steroid dienone is 1. The molecule has 0 radical (unpaired) electrons. The molecule has 0 spiro atoms. The Morgan fingerprint density at radius 1 is 1.16 bits per heavy atom. The molecule has 0 aromatic heterocycles. The van der Waals surface area contributed by atoms with E-state index in [4.69, 9.17) is 18.9 Å². The number of hydrogen-bond acceptors (Lipinski definition) is 6. The summed E-state index contributed by atoms with van der Waals surface area (Å²) < 4.78 is 23.2. The lowest BCUT2D eigenvalue weighted by Gasteiger charge is -2.34. The van der Waals surface area contributed by atoms with Crippen molar-refractivity contribution in [3.63, 3.8) is 0 Å². The Morgan fingerprint density at radius 2 is 1.97 bits per heavy atom. The average Bonchev–Trinajstić information content (AvgIpc) is 3.43. The van der Waals surface area contributed by atoms with Crippen LogP contribution in [0.25, 0.3) is 6.08 Å². The third-order valence-corrected chi connectivity index (χ3v) is 6.51. The molecular weight excluding hydrogens is 394 g/mol. The highest BCUT2D eigenvalue weighted by Gasteiger charge is 2.37. The molecule has 0 bridgehead atoms. The lowest BCUT2D eigenvalue weighted by Crippen LogP contribution is -2.39. The van der Waals surface area contributed by atoms with Crippen LogP contribution >= 0.6 is 0 Å². The van der Waals surface area contributed by atoms with E-state index in [2.05, 4.69) is 4.90 Å². The van der Waals surface area contributed by atoms with E-state index in [0.29, 0.717) is 35.6 Å². The van der Waals surface area contributed by atoms with Crippen molar-refractivity contribution in [3.8, 4) is 23.0 Å². The molecule has 31 heavy (non-hydrogen) atoms. The molecule has 2 aliphatic heterocycles. The number of hydrogen-bond donors (Lipinski definition) is 0. The number of fused-ring (bicyclic) bond motifs is 3. The van der Waals surface area contributed by atoms with E-state index in [1.165, 1.54) is 25.7 Å². The lowest BCUT2D eigenvalue weighted by atomic mass is 9.98. The van der Waals surface area contributed by atoms with Gasteiger partial charge >= 0.3 is 0 Å². The minimum absolute atomic E-state index is 0.113. The second-order valence-corrected chi connectivity index (χ2v) is 8.36. The molecule has 1 fully saturated rings. The van der Waals surface area contributed by atoms with Gasteiger partial charge in [-0.05, 0) is 43.5 Å². The summed E-state index contributed by atoms with van der Waals surface area (Å²) in [6.07, 6.45) is 6.67. The lowest BCUT2D eigenvalue weighted by molar-refractivity contribution is 0.0567. The SMILES string of the molecule is COc1cccc(/C=C2\Oc3c4c(cc(C)c3C2=O)OCN(C2CCCC2)C4)c1OC. The number of carbonyl (C=O) groups excluding carboxylic acids is 1. The van der Waals surface area contributed by atoms with Gasteiger partial charge < -0.3 is 18.9 Å². The predicted molar refractivity (Wildman–Crippen MR) is 117 cm³/mol. The largest absolute Gasteiger partial charge is 0.493 e. The van der Waals surface area contributed by atoms with Crippen LogP contribution in [0.4, 0.5) is 0 Å². The van der Waals surface area contributed by atoms with Crippen molar-refractivity contribution in [1.82, 2.24) is 4.90 Å². The van der Waals surface area contributed by atoms with Crippen LogP contribution in [0.2, 0.25) is 0 Å². The van der Waals surface area contributed by atoms with Gasteiger partial charge in [0.1, 0.15) is 18.2 Å². The predicted octanol–water partition coefficient (Wildman–Crippen LogP) is 4.72. The second-order valence-electron chi connectivity index (χ2n) is 8.36. The minimum atomic E-state index is -0.113. The van der Waals surface area contributed by atoms with E-state index in [1.54, 1.807) is 20.3 Å². The fourth-order valence-electron chi connectivity index (χ4n) is 4.92. The zero-order valence-corrected chi connectivity index (χ0v) is 18.2. The molecule has 0 atom stereocenters. The number of benzene rings is 2. The highest BCUT2D eigenvalue weighted by molar-refractivity contribution is 6.16. The van der Waals surface area contributed by atoms with Gasteiger partial charge in [-0.15, -0.1) is 0 Å². The van der Waals surface area contributed by atoms with E-state index in [9.17, 15) is 4.79 Å². The van der Waals surface area contributed by atoms with Gasteiger partial charge in [0.05, 0.1) is 25.3 Å². The van der Waals surface area contributed by atoms with Crippen molar-refractivity contribution in [1.29, 1.82) is 0 Å². The molecule has 2 heterocycles. The molecule has 1 saturated carbocycles. The number of aryl methyl sites for hydroxylation is 1. The van der Waals surface area contributed by atoms with Gasteiger partial charge in [-0.25, -0.2) is 0 Å². The summed E-state index contributed by atoms with van der Waals surface area (Å²) in [6.45, 7) is 3.27. The summed E-state index contributed by atoms with van der Waals surface area (Å²) in [5.41, 5.74) is 3.19. The van der Waals surface area contributed by atoms with Crippen molar-refractivity contribution >= 4 is 11.9 Å². The Balaban J connectivity index is 1.52. The van der Waals surface area contributed by atoms with Crippen LogP contribution in [-0.2, 0) is 6.54 Å². The third-order valence-electron chi connectivity index (χ3n) is 6.51. The normalized spacial score (nSPS) is 19.7. The molecule has 0 saturated heterocycles. The second kappa shape index (κ2) is 7.93. The maximum Gasteiger partial charge on any atom is 0.232 e. The molecule has 0 amide bonds. The quantitative estimate of drug-likeness (QED) is 0.666. The van der Waals surface area contributed by atoms with E-state index in [-0.39, 0.29) is 11.5 Å². The molecule has 5 rings (SSSR count). The zero-order chi connectivity index (χ0) is 21.5. The Kier molecular flexibility index (Phi) is 5.10. The maximum atomic E-state index is 13.3. The van der Waals surface area contributed by atoms with E-state index in [1.807, 2.05) is 31.2 Å². The first-order valence-electron chi connectivity index (χ1n) is 10.8. The fraction of sp³-hybridized carbons (Fsp3) is 0.400. The van der Waals surface area contributed by atoms with Gasteiger partial charge in [0, 0.05) is 18.2 Å². The number of nitrogens with zero attached hydrogens (tertiary/aromatic N) is 1. The monoisotopic (exact) mass is 421 g/mol. The van der Waals surface area contributed by atoms with E-state index >= 15 is 0 Å². The number of carbonyl (C=O) groups is 1. The molecule has 3 aliphatic rings. The van der Waals surface area contributed by atoms with Crippen molar-refractivity contribution in [3.05, 3.63) is 52.3 Å². The van der Waals surface area contributed by atoms with Crippen molar-refractivity contribution in [2.75, 3.05) is 21.0 Å². The first-order valence-corrected chi connectivity index (χ1v) is 10.8. The van der Waals surface area contributed by atoms with Crippen molar-refractivity contribution in [2.45, 2.75) is 45.2 Å². The van der Waals surface area contributed by atoms with Crippen LogP contribution in [0, 0.1) is 6.92 Å². The number of ketones is 1. The van der Waals surface area contributed by atoms with Crippen molar-refractivity contribution in [2.24, 2.45) is 0 Å². The summed E-state index contributed by atoms with van der Waals surface area (Å²) in [5, 5.41) is 0. The molecule has 0 unspecified atom stereocenters. The first kappa shape index (κ1) is 19.9. The zero-order valence-electron chi connectivity index (χ0n) is 18.2. The first-order chi connectivity index (χ1) is 15.1. The van der Waals surface area contributed by atoms with E-state index in [0.717, 1.165) is 29.0 Å². The Morgan fingerprint density at radius 3 is 2.71 bits per heavy atom. The van der Waals surface area contributed by atoms with Crippen LogP contribution in [0.1, 0.15) is 52.7 Å². The topological polar surface area (TPSA) is 57.2 Å². The molecule has 2 aromatic carbocycles. The molecule has 2 aromatic rings. The standard InChI is InChI=1S/C25H27NO5/c1-15-11-20-18(13-26(14-30-20)17-8-4-5-9-17)25-22(15)23(27)21(31-25)12-16-7-6-10-19(28-2)24(16)29-3/h6-7,10-12,17H,4-5,8-9,13-14H2,1-3H3/b21-12-. The molecule has 162 valence electrons. The van der Waals surface area contributed by atoms with Gasteiger partial charge in [0.15, 0.2) is 17.3 Å². The summed E-state index contributed by atoms with van der Waals surface area (Å²) >= 11 is 0. The highest BCUT2D eigenvalue weighted by atomic mass is 16.5. The van der Waals surface area contributed by atoms with Crippen LogP contribution in [0.5, 0.6) is 23.0 Å². The van der Waals surface area contributed by atoms with Crippen LogP contribution in [0.3, 0.4) is 0 Å². The third kappa shape index (κ3) is 3.35. The smallest absolute Gasteiger partial charge is 0.232 e. The average molecular weight is 421 g/mol. The number of ether oxygens (including phenoxy) is 4. The summed E-state index contributed by atoms with van der Waals surface area (Å²) in [6, 6.07) is 8.07. The maximum absolute atomic E-state index is 13.3. The van der Waals surface area contributed by atoms with Gasteiger partial charge in [-0.2, -0.15) is 0 Å². The summed E-state index contributed by atoms with van der Waals surface area (Å²) in [5.74, 6) is 2.80. The van der Waals surface area contributed by atoms with Crippen molar-refractivity contribution < 1.29 is 23.7 Å². The molecule has 6 heteroatoms. The van der Waals surface area contributed by atoms with Crippen LogP contribution in [0.15, 0.2) is 30.0 Å². The number of methoxy groups -OCH3 is 2. The van der Waals surface area contributed by atoms with Crippen LogP contribution in [-0.4, -0.2) is 37.7 Å². The molecule has 6 nitrogen and oxygen atoms in total. The number of Topliss-reactive ketones (excluding diaryl/α,β-unsaturated/α-hetero) is 1. The van der Waals surface area contributed by atoms with Gasteiger partial charge in [0.2, 0.25) is 5.78 Å². The number of para-hydroxylation sites is 1. The van der Waals surface area contributed by atoms with E-state index < -0.39 is 0 Å². The Labute approximate surface area is 182 Å².